The highest BCUT2D eigenvalue weighted by Crippen LogP contribution is 2.45. The molecular weight excluding hydrogens is 745 g/mol. The fourth-order valence-electron chi connectivity index (χ4n) is 6.39. The van der Waals surface area contributed by atoms with E-state index in [1.165, 1.54) is 18.6 Å². The van der Waals surface area contributed by atoms with E-state index in [4.69, 9.17) is 28.9 Å². The van der Waals surface area contributed by atoms with E-state index in [-0.39, 0.29) is 42.6 Å². The number of quaternary nitrogens is 1. The Morgan fingerprint density at radius 1 is 0.891 bits per heavy atom. The molecule has 1 aliphatic carbocycles. The van der Waals surface area contributed by atoms with Crippen LogP contribution in [0.3, 0.4) is 0 Å². The van der Waals surface area contributed by atoms with Gasteiger partial charge in [0.1, 0.15) is 23.9 Å². The number of ether oxygens (including phenoxy) is 2. The van der Waals surface area contributed by atoms with E-state index in [0.717, 1.165) is 79.2 Å². The Bertz CT molecular complexity index is 2120. The van der Waals surface area contributed by atoms with Crippen LogP contribution >= 0.6 is 7.82 Å². The maximum absolute atomic E-state index is 12.0. The smallest absolute Gasteiger partial charge is 0.524 e. The van der Waals surface area contributed by atoms with Crippen LogP contribution in [-0.2, 0) is 20.6 Å². The van der Waals surface area contributed by atoms with Crippen LogP contribution in [0.25, 0.3) is 23.3 Å². The molecule has 55 heavy (non-hydrogen) atoms. The number of aryl methyl sites for hydroxylation is 3. The number of nitrogens with one attached hydrogen (secondary N) is 2. The Balaban J connectivity index is 0.000000291. The van der Waals surface area contributed by atoms with E-state index >= 15 is 0 Å². The molecule has 0 fully saturated rings. The zero-order valence-electron chi connectivity index (χ0n) is 32.5. The van der Waals surface area contributed by atoms with Gasteiger partial charge in [-0.1, -0.05) is 36.4 Å². The average Bonchev–Trinajstić information content (AvgIpc) is 3.26. The largest absolute Gasteiger partial charge is 1.00 e. The van der Waals surface area contributed by atoms with Gasteiger partial charge in [-0.05, 0) is 139 Å². The van der Waals surface area contributed by atoms with E-state index in [9.17, 15) is 14.2 Å². The molecule has 2 atom stereocenters. The first kappa shape index (κ1) is 44.7. The number of benzene rings is 4. The predicted octanol–water partition coefficient (Wildman–Crippen LogP) is 2.91. The number of methoxy groups -OCH3 is 2. The minimum absolute atomic E-state index is 0. The van der Waals surface area contributed by atoms with Gasteiger partial charge < -0.3 is 47.9 Å². The molecule has 5 rings (SSSR count). The fourth-order valence-corrected chi connectivity index (χ4v) is 6.78. The van der Waals surface area contributed by atoms with E-state index in [1.807, 2.05) is 70.2 Å². The molecule has 0 aliphatic heterocycles. The van der Waals surface area contributed by atoms with Crippen molar-refractivity contribution in [2.75, 3.05) is 26.1 Å². The van der Waals surface area contributed by atoms with Crippen LogP contribution in [-0.4, -0.2) is 53.6 Å². The van der Waals surface area contributed by atoms with Gasteiger partial charge in [-0.3, -0.25) is 19.4 Å². The lowest BCUT2D eigenvalue weighted by molar-refractivity contribution is -0.407. The minimum atomic E-state index is -4.68. The molecule has 0 bridgehead atoms. The van der Waals surface area contributed by atoms with Crippen molar-refractivity contribution in [3.8, 4) is 28.4 Å². The summed E-state index contributed by atoms with van der Waals surface area (Å²) in [5, 5.41) is 14.8. The van der Waals surface area contributed by atoms with Gasteiger partial charge in [0, 0.05) is 12.6 Å². The molecule has 0 spiro atoms. The van der Waals surface area contributed by atoms with Crippen molar-refractivity contribution in [2.45, 2.75) is 66.5 Å². The SMILES string of the molecule is COc1cc(/C=C\c2ccc(C)c(NC(=O)[C@@H]([NH3+])CO)c2)cc(C)c1C.COc1cc2c(c(C)c1C)-c1ccc(OP(=O)(O)O)cc1[C@@H](NC(C)=O)CC2.[Cl-]. The Kier molecular flexibility index (Phi) is 15.7. The molecule has 2 amide bonds. The Hall–Kier alpha value is -4.68. The first-order chi connectivity index (χ1) is 25.5. The monoisotopic (exact) mass is 795 g/mol. The van der Waals surface area contributed by atoms with Crippen molar-refractivity contribution < 1.29 is 61.2 Å². The van der Waals surface area contributed by atoms with Crippen LogP contribution in [0.1, 0.15) is 69.5 Å². The van der Waals surface area contributed by atoms with E-state index in [1.54, 1.807) is 26.4 Å². The van der Waals surface area contributed by atoms with Crippen molar-refractivity contribution in [3.05, 3.63) is 105 Å². The number of phosphoric ester groups is 1. The molecule has 0 unspecified atom stereocenters. The summed E-state index contributed by atoms with van der Waals surface area (Å²) < 4.78 is 27.0. The second-order valence-corrected chi connectivity index (χ2v) is 14.6. The first-order valence-corrected chi connectivity index (χ1v) is 19.0. The third kappa shape index (κ3) is 11.4. The number of halogens is 1. The number of carbonyl (C=O) groups is 2. The molecule has 8 N–H and O–H groups in total. The highest BCUT2D eigenvalue weighted by atomic mass is 35.5. The molecule has 12 nitrogen and oxygen atoms in total. The summed E-state index contributed by atoms with van der Waals surface area (Å²) in [6.45, 7) is 11.2. The number of amides is 2. The molecule has 14 heteroatoms. The number of aliphatic hydroxyl groups is 1. The lowest BCUT2D eigenvalue weighted by Crippen LogP contribution is -3.00. The normalized spacial score (nSPS) is 13.9. The molecule has 4 aromatic rings. The molecule has 0 saturated heterocycles. The van der Waals surface area contributed by atoms with Crippen LogP contribution in [0, 0.1) is 34.6 Å². The van der Waals surface area contributed by atoms with Gasteiger partial charge in [0.05, 0.1) is 20.3 Å². The van der Waals surface area contributed by atoms with Crippen LogP contribution in [0.5, 0.6) is 17.2 Å². The number of hydrogen-bond acceptors (Lipinski definition) is 7. The van der Waals surface area contributed by atoms with Crippen molar-refractivity contribution in [1.29, 1.82) is 0 Å². The van der Waals surface area contributed by atoms with Crippen molar-refractivity contribution >= 4 is 37.5 Å². The Labute approximate surface area is 328 Å². The van der Waals surface area contributed by atoms with E-state index in [2.05, 4.69) is 29.4 Å². The molecular formula is C41H51ClN3O9P. The number of hydrogen-bond donors (Lipinski definition) is 6. The van der Waals surface area contributed by atoms with Crippen LogP contribution < -0.4 is 42.8 Å². The molecule has 0 radical (unpaired) electrons. The molecule has 4 aromatic carbocycles. The molecule has 0 aromatic heterocycles. The second-order valence-electron chi connectivity index (χ2n) is 13.4. The van der Waals surface area contributed by atoms with Gasteiger partial charge >= 0.3 is 7.82 Å². The highest BCUT2D eigenvalue weighted by Gasteiger charge is 2.27. The third-order valence-electron chi connectivity index (χ3n) is 9.57. The topological polar surface area (TPSA) is 191 Å². The van der Waals surface area contributed by atoms with E-state index in [0.29, 0.717) is 6.42 Å². The maximum Gasteiger partial charge on any atom is 0.524 e. The lowest BCUT2D eigenvalue weighted by Gasteiger charge is -2.21. The van der Waals surface area contributed by atoms with Gasteiger partial charge in [0.25, 0.3) is 5.91 Å². The molecule has 1 aliphatic rings. The van der Waals surface area contributed by atoms with Crippen molar-refractivity contribution in [2.24, 2.45) is 0 Å². The molecule has 0 saturated carbocycles. The predicted molar refractivity (Wildman–Crippen MR) is 210 cm³/mol. The quantitative estimate of drug-likeness (QED) is 0.104. The van der Waals surface area contributed by atoms with Crippen LogP contribution in [0.15, 0.2) is 54.6 Å². The summed E-state index contributed by atoms with van der Waals surface area (Å²) in [6, 6.07) is 15.9. The zero-order valence-corrected chi connectivity index (χ0v) is 34.1. The van der Waals surface area contributed by atoms with Crippen molar-refractivity contribution in [3.63, 3.8) is 0 Å². The van der Waals surface area contributed by atoms with Gasteiger partial charge in [-0.2, -0.15) is 0 Å². The number of fused-ring (bicyclic) bond motifs is 3. The van der Waals surface area contributed by atoms with Gasteiger partial charge in [0.15, 0.2) is 6.04 Å². The number of rotatable bonds is 10. The average molecular weight is 796 g/mol. The van der Waals surface area contributed by atoms with Crippen molar-refractivity contribution in [1.82, 2.24) is 5.32 Å². The molecule has 0 heterocycles. The summed E-state index contributed by atoms with van der Waals surface area (Å²) in [7, 11) is -1.36. The summed E-state index contributed by atoms with van der Waals surface area (Å²) in [6.07, 6.45) is 5.38. The minimum Gasteiger partial charge on any atom is -1.00 e. The Morgan fingerprint density at radius 2 is 1.55 bits per heavy atom. The summed E-state index contributed by atoms with van der Waals surface area (Å²) in [5.41, 5.74) is 15.6. The second kappa shape index (κ2) is 19.3. The summed E-state index contributed by atoms with van der Waals surface area (Å²) in [5.74, 6) is 1.28. The first-order valence-electron chi connectivity index (χ1n) is 17.5. The summed E-state index contributed by atoms with van der Waals surface area (Å²) in [4.78, 5) is 42.0. The maximum atomic E-state index is 12.0. The van der Waals surface area contributed by atoms with Crippen LogP contribution in [0.4, 0.5) is 5.69 Å². The fraction of sp³-hybridized carbons (Fsp3) is 0.317. The summed E-state index contributed by atoms with van der Waals surface area (Å²) >= 11 is 0. The number of aliphatic hydroxyl groups excluding tert-OH is 1. The highest BCUT2D eigenvalue weighted by molar-refractivity contribution is 7.46. The Morgan fingerprint density at radius 3 is 2.16 bits per heavy atom. The number of phosphoric acid groups is 1. The van der Waals surface area contributed by atoms with Gasteiger partial charge in [0.2, 0.25) is 5.91 Å². The van der Waals surface area contributed by atoms with Gasteiger partial charge in [-0.25, -0.2) is 4.57 Å². The number of carbonyl (C=O) groups excluding carboxylic acids is 2. The van der Waals surface area contributed by atoms with E-state index < -0.39 is 13.9 Å². The lowest BCUT2D eigenvalue weighted by atomic mass is 9.89. The van der Waals surface area contributed by atoms with Gasteiger partial charge in [-0.15, -0.1) is 0 Å². The molecule has 296 valence electrons. The standard InChI is InChI=1S/C21H26N2O3.C20H24NO6P.ClH/c1-13-5-6-16(10-19(13)23-21(25)18(22)12-24)7-8-17-9-14(2)15(3)20(11-17)26-4;1-11-12(2)20-14(9-19(11)26-4)5-8-18(21-13(3)22)17-10-15(6-7-16(17)20)27-28(23,24)25;/h5-11,18,24H,12,22H2,1-4H3,(H,23,25);6-7,9-10,18H,5,8H2,1-4H3,(H,21,22)(H2,23,24,25);1H/b8-7-;;/t2*18-;/m00./s1. The number of anilines is 1. The zero-order chi connectivity index (χ0) is 39.9. The van der Waals surface area contributed by atoms with Crippen LogP contribution in [0.2, 0.25) is 0 Å². The third-order valence-corrected chi connectivity index (χ3v) is 10.0.